The maximum absolute atomic E-state index is 11.4. The smallest absolute Gasteiger partial charge is 0.179 e. The molecule has 1 heterocycles. The number of thiazole rings is 1. The molecular formula is C11H8INOS. The number of hydrogen-bond acceptors (Lipinski definition) is 3. The number of hydrogen-bond donors (Lipinski definition) is 0. The lowest BCUT2D eigenvalue weighted by molar-refractivity contribution is 0.101. The lowest BCUT2D eigenvalue weighted by Crippen LogP contribution is -1.94. The quantitative estimate of drug-likeness (QED) is 0.622. The van der Waals surface area contributed by atoms with Crippen molar-refractivity contribution in [2.24, 2.45) is 0 Å². The number of carbonyl (C=O) groups excluding carboxylic acids is 1. The van der Waals surface area contributed by atoms with Crippen LogP contribution >= 0.6 is 33.9 Å². The SMILES string of the molecule is CC(=O)c1nc(I)sc1-c1ccccc1. The first-order chi connectivity index (χ1) is 7.18. The molecule has 0 radical (unpaired) electrons. The van der Waals surface area contributed by atoms with E-state index in [4.69, 9.17) is 0 Å². The fourth-order valence-electron chi connectivity index (χ4n) is 1.32. The van der Waals surface area contributed by atoms with Crippen molar-refractivity contribution in [3.8, 4) is 10.4 Å². The van der Waals surface area contributed by atoms with Gasteiger partial charge in [-0.2, -0.15) is 0 Å². The van der Waals surface area contributed by atoms with E-state index in [1.807, 2.05) is 30.3 Å². The maximum atomic E-state index is 11.4. The van der Waals surface area contributed by atoms with Gasteiger partial charge in [-0.05, 0) is 28.2 Å². The zero-order valence-corrected chi connectivity index (χ0v) is 11.0. The zero-order chi connectivity index (χ0) is 10.8. The Morgan fingerprint density at radius 1 is 1.33 bits per heavy atom. The largest absolute Gasteiger partial charge is 0.293 e. The molecular weight excluding hydrogens is 321 g/mol. The lowest BCUT2D eigenvalue weighted by Gasteiger charge is -1.97. The van der Waals surface area contributed by atoms with E-state index >= 15 is 0 Å². The molecule has 2 nitrogen and oxygen atoms in total. The van der Waals surface area contributed by atoms with E-state index in [9.17, 15) is 4.79 Å². The minimum Gasteiger partial charge on any atom is -0.293 e. The summed E-state index contributed by atoms with van der Waals surface area (Å²) in [7, 11) is 0. The van der Waals surface area contributed by atoms with Crippen LogP contribution in [0.2, 0.25) is 0 Å². The summed E-state index contributed by atoms with van der Waals surface area (Å²) in [6.07, 6.45) is 0. The number of halogens is 1. The maximum Gasteiger partial charge on any atom is 0.179 e. The molecule has 1 aromatic heterocycles. The molecule has 0 saturated carbocycles. The van der Waals surface area contributed by atoms with Crippen LogP contribution in [0.15, 0.2) is 30.3 Å². The van der Waals surface area contributed by atoms with Crippen molar-refractivity contribution in [2.75, 3.05) is 0 Å². The number of carbonyl (C=O) groups is 1. The van der Waals surface area contributed by atoms with Crippen molar-refractivity contribution >= 4 is 39.7 Å². The molecule has 0 atom stereocenters. The molecule has 0 unspecified atom stereocenters. The Labute approximate surface area is 106 Å². The molecule has 2 rings (SSSR count). The molecule has 4 heteroatoms. The van der Waals surface area contributed by atoms with Crippen molar-refractivity contribution in [3.05, 3.63) is 39.0 Å². The van der Waals surface area contributed by atoms with Gasteiger partial charge in [0.2, 0.25) is 0 Å². The summed E-state index contributed by atoms with van der Waals surface area (Å²) in [6.45, 7) is 1.55. The van der Waals surface area contributed by atoms with E-state index in [1.54, 1.807) is 18.3 Å². The minimum absolute atomic E-state index is 0.0213. The average Bonchev–Trinajstić information content (AvgIpc) is 2.62. The molecule has 0 saturated heterocycles. The van der Waals surface area contributed by atoms with Gasteiger partial charge in [-0.1, -0.05) is 30.3 Å². The summed E-state index contributed by atoms with van der Waals surface area (Å²) in [5.74, 6) is 0.0213. The Kier molecular flexibility index (Phi) is 3.16. The molecule has 0 spiro atoms. The second-order valence-corrected chi connectivity index (χ2v) is 5.82. The third-order valence-corrected chi connectivity index (χ3v) is 3.77. The highest BCUT2D eigenvalue weighted by Crippen LogP contribution is 2.31. The van der Waals surface area contributed by atoms with Crippen LogP contribution < -0.4 is 0 Å². The molecule has 76 valence electrons. The molecule has 0 fully saturated rings. The fraction of sp³-hybridized carbons (Fsp3) is 0.0909. The topological polar surface area (TPSA) is 30.0 Å². The number of ketones is 1. The van der Waals surface area contributed by atoms with Crippen LogP contribution in [0.5, 0.6) is 0 Å². The first kappa shape index (κ1) is 10.8. The van der Waals surface area contributed by atoms with Gasteiger partial charge in [-0.25, -0.2) is 4.98 Å². The fourth-order valence-corrected chi connectivity index (χ4v) is 3.06. The van der Waals surface area contributed by atoms with E-state index < -0.39 is 0 Å². The van der Waals surface area contributed by atoms with Crippen LogP contribution in [-0.2, 0) is 0 Å². The van der Waals surface area contributed by atoms with Gasteiger partial charge >= 0.3 is 0 Å². The second kappa shape index (κ2) is 4.40. The predicted octanol–water partition coefficient (Wildman–Crippen LogP) is 3.62. The average molecular weight is 329 g/mol. The Bertz CT molecular complexity index is 493. The summed E-state index contributed by atoms with van der Waals surface area (Å²) in [5, 5.41) is 0. The standard InChI is InChI=1S/C11H8INOS/c1-7(14)9-10(15-11(12)13-9)8-5-3-2-4-6-8/h2-6H,1H3. The van der Waals surface area contributed by atoms with E-state index in [0.29, 0.717) is 5.69 Å². The molecule has 0 aliphatic heterocycles. The number of benzene rings is 1. The van der Waals surface area contributed by atoms with Gasteiger partial charge in [0.05, 0.1) is 4.88 Å². The molecule has 0 bridgehead atoms. The highest BCUT2D eigenvalue weighted by Gasteiger charge is 2.14. The van der Waals surface area contributed by atoms with Crippen LogP contribution in [0.3, 0.4) is 0 Å². The van der Waals surface area contributed by atoms with E-state index in [-0.39, 0.29) is 5.78 Å². The van der Waals surface area contributed by atoms with Crippen molar-refractivity contribution in [2.45, 2.75) is 6.92 Å². The Morgan fingerprint density at radius 3 is 2.60 bits per heavy atom. The van der Waals surface area contributed by atoms with Crippen molar-refractivity contribution in [1.82, 2.24) is 4.98 Å². The Hall–Kier alpha value is -0.750. The van der Waals surface area contributed by atoms with Crippen molar-refractivity contribution < 1.29 is 4.79 Å². The number of nitrogens with zero attached hydrogens (tertiary/aromatic N) is 1. The highest BCUT2D eigenvalue weighted by molar-refractivity contribution is 14.1. The number of rotatable bonds is 2. The molecule has 2 aromatic rings. The van der Waals surface area contributed by atoms with Gasteiger partial charge in [-0.15, -0.1) is 11.3 Å². The molecule has 0 N–H and O–H groups in total. The summed E-state index contributed by atoms with van der Waals surface area (Å²) >= 11 is 3.69. The minimum atomic E-state index is 0.0213. The van der Waals surface area contributed by atoms with Crippen LogP contribution in [0, 0.1) is 3.01 Å². The summed E-state index contributed by atoms with van der Waals surface area (Å²) in [4.78, 5) is 16.6. The summed E-state index contributed by atoms with van der Waals surface area (Å²) < 4.78 is 0.900. The van der Waals surface area contributed by atoms with E-state index in [1.165, 1.54) is 0 Å². The second-order valence-electron chi connectivity index (χ2n) is 3.07. The highest BCUT2D eigenvalue weighted by atomic mass is 127. The molecule has 15 heavy (non-hydrogen) atoms. The van der Waals surface area contributed by atoms with E-state index in [2.05, 4.69) is 27.6 Å². The lowest BCUT2D eigenvalue weighted by atomic mass is 10.1. The van der Waals surface area contributed by atoms with Gasteiger partial charge in [0.1, 0.15) is 5.69 Å². The van der Waals surface area contributed by atoms with Gasteiger partial charge in [0.25, 0.3) is 0 Å². The molecule has 0 aliphatic rings. The van der Waals surface area contributed by atoms with Crippen LogP contribution in [-0.4, -0.2) is 10.8 Å². The van der Waals surface area contributed by atoms with Crippen LogP contribution in [0.4, 0.5) is 0 Å². The van der Waals surface area contributed by atoms with Crippen LogP contribution in [0.25, 0.3) is 10.4 Å². The predicted molar refractivity (Wildman–Crippen MR) is 70.3 cm³/mol. The molecule has 1 aromatic carbocycles. The Balaban J connectivity index is 2.58. The third-order valence-electron chi connectivity index (χ3n) is 1.97. The van der Waals surface area contributed by atoms with Gasteiger partial charge in [0, 0.05) is 6.92 Å². The van der Waals surface area contributed by atoms with Crippen LogP contribution in [0.1, 0.15) is 17.4 Å². The van der Waals surface area contributed by atoms with Gasteiger partial charge in [-0.3, -0.25) is 4.79 Å². The number of Topliss-reactive ketones (excluding diaryl/α,β-unsaturated/α-hetero) is 1. The summed E-state index contributed by atoms with van der Waals surface area (Å²) in [5.41, 5.74) is 1.64. The Morgan fingerprint density at radius 2 is 2.00 bits per heavy atom. The number of aromatic nitrogens is 1. The third kappa shape index (κ3) is 2.26. The normalized spacial score (nSPS) is 10.3. The molecule has 0 amide bonds. The first-order valence-corrected chi connectivity index (χ1v) is 6.30. The van der Waals surface area contributed by atoms with Gasteiger partial charge in [0.15, 0.2) is 8.80 Å². The first-order valence-electron chi connectivity index (χ1n) is 4.41. The van der Waals surface area contributed by atoms with Crippen molar-refractivity contribution in [1.29, 1.82) is 0 Å². The molecule has 0 aliphatic carbocycles. The monoisotopic (exact) mass is 329 g/mol. The zero-order valence-electron chi connectivity index (χ0n) is 8.03. The van der Waals surface area contributed by atoms with Gasteiger partial charge < -0.3 is 0 Å². The van der Waals surface area contributed by atoms with E-state index in [0.717, 1.165) is 13.5 Å². The summed E-state index contributed by atoms with van der Waals surface area (Å²) in [6, 6.07) is 9.88. The van der Waals surface area contributed by atoms with Crippen molar-refractivity contribution in [3.63, 3.8) is 0 Å².